The number of rotatable bonds is 7. The Hall–Kier alpha value is -3.42. The van der Waals surface area contributed by atoms with Gasteiger partial charge in [0.1, 0.15) is 11.5 Å². The normalized spacial score (nSPS) is 11.2. The maximum atomic E-state index is 11.9. The number of amides is 1. The molecule has 0 aliphatic heterocycles. The lowest BCUT2D eigenvalue weighted by molar-refractivity contribution is -0.123. The van der Waals surface area contributed by atoms with Crippen LogP contribution in [0.2, 0.25) is 10.0 Å². The van der Waals surface area contributed by atoms with Crippen LogP contribution in [0.15, 0.2) is 69.9 Å². The quantitative estimate of drug-likeness (QED) is 0.242. The summed E-state index contributed by atoms with van der Waals surface area (Å²) in [7, 11) is 0. The zero-order valence-electron chi connectivity index (χ0n) is 17.3. The van der Waals surface area contributed by atoms with Crippen LogP contribution in [0.3, 0.4) is 0 Å². The van der Waals surface area contributed by atoms with Crippen LogP contribution in [0, 0.1) is 13.8 Å². The number of carbonyl (C=O) groups excluding carboxylic acids is 1. The number of hydrogen-bond donors (Lipinski definition) is 2. The number of aryl methyl sites for hydroxylation is 2. The van der Waals surface area contributed by atoms with Crippen LogP contribution in [0.5, 0.6) is 11.5 Å². The number of halogens is 2. The van der Waals surface area contributed by atoms with Crippen molar-refractivity contribution in [1.82, 2.24) is 5.43 Å². The summed E-state index contributed by atoms with van der Waals surface area (Å²) in [5.41, 5.74) is 6.23. The van der Waals surface area contributed by atoms with E-state index in [1.54, 1.807) is 24.3 Å². The molecule has 9 heteroatoms. The summed E-state index contributed by atoms with van der Waals surface area (Å²) in [5, 5.41) is 23.0. The second-order valence-corrected chi connectivity index (χ2v) is 7.71. The Morgan fingerprint density at radius 3 is 2.44 bits per heavy atom. The topological polar surface area (TPSA) is 95.6 Å². The second kappa shape index (κ2) is 10.7. The van der Waals surface area contributed by atoms with Gasteiger partial charge in [-0.1, -0.05) is 29.3 Å². The molecule has 0 unspecified atom stereocenters. The SMILES string of the molecule is Cc1ccc(N=Nc2ccc(O)c(/C=N/NC(=O)COc3ccc(Cl)cc3Cl)c2)cc1C. The first kappa shape index (κ1) is 23.2. The summed E-state index contributed by atoms with van der Waals surface area (Å²) in [6, 6.07) is 15.2. The van der Waals surface area contributed by atoms with Crippen LogP contribution in [0.1, 0.15) is 16.7 Å². The highest BCUT2D eigenvalue weighted by atomic mass is 35.5. The van der Waals surface area contributed by atoms with Gasteiger partial charge >= 0.3 is 0 Å². The summed E-state index contributed by atoms with van der Waals surface area (Å²) in [6.45, 7) is 3.74. The first-order chi connectivity index (χ1) is 15.3. The molecule has 0 aliphatic rings. The number of nitrogens with zero attached hydrogens (tertiary/aromatic N) is 3. The van der Waals surface area contributed by atoms with E-state index in [0.29, 0.717) is 27.0 Å². The van der Waals surface area contributed by atoms with Gasteiger partial charge in [-0.3, -0.25) is 4.79 Å². The smallest absolute Gasteiger partial charge is 0.277 e. The molecule has 3 aromatic carbocycles. The second-order valence-electron chi connectivity index (χ2n) is 6.87. The van der Waals surface area contributed by atoms with Crippen LogP contribution in [0.25, 0.3) is 0 Å². The van der Waals surface area contributed by atoms with Gasteiger partial charge in [0.2, 0.25) is 0 Å². The van der Waals surface area contributed by atoms with Crippen LogP contribution in [0.4, 0.5) is 11.4 Å². The molecular formula is C23H20Cl2N4O3. The zero-order chi connectivity index (χ0) is 23.1. The number of hydrazone groups is 1. The van der Waals surface area contributed by atoms with Gasteiger partial charge in [0, 0.05) is 10.6 Å². The van der Waals surface area contributed by atoms with Gasteiger partial charge in [-0.2, -0.15) is 15.3 Å². The summed E-state index contributed by atoms with van der Waals surface area (Å²) in [4.78, 5) is 11.9. The molecule has 0 atom stereocenters. The van der Waals surface area contributed by atoms with Crippen LogP contribution >= 0.6 is 23.2 Å². The van der Waals surface area contributed by atoms with Crippen LogP contribution < -0.4 is 10.2 Å². The van der Waals surface area contributed by atoms with Gasteiger partial charge in [0.05, 0.1) is 22.6 Å². The Bertz CT molecular complexity index is 1200. The van der Waals surface area contributed by atoms with E-state index in [4.69, 9.17) is 27.9 Å². The molecule has 3 aromatic rings. The average molecular weight is 471 g/mol. The van der Waals surface area contributed by atoms with Crippen molar-refractivity contribution in [3.8, 4) is 11.5 Å². The van der Waals surface area contributed by atoms with E-state index in [0.717, 1.165) is 11.3 Å². The number of ether oxygens (including phenoxy) is 1. The standard InChI is InChI=1S/C23H20Cl2N4O3/c1-14-3-5-18(9-15(14)2)27-28-19-6-7-21(30)16(10-19)12-26-29-23(31)13-32-22-8-4-17(24)11-20(22)25/h3-12,30H,13H2,1-2H3,(H,29,31)/b26-12+,28-27?. The number of phenols is 1. The highest BCUT2D eigenvalue weighted by Gasteiger charge is 2.06. The first-order valence-corrected chi connectivity index (χ1v) is 10.3. The largest absolute Gasteiger partial charge is 0.507 e. The molecule has 0 aromatic heterocycles. The molecule has 0 fully saturated rings. The number of phenolic OH excluding ortho intramolecular Hbond substituents is 1. The molecule has 0 bridgehead atoms. The third-order valence-electron chi connectivity index (χ3n) is 4.43. The fraction of sp³-hybridized carbons (Fsp3) is 0.130. The Morgan fingerprint density at radius 2 is 1.72 bits per heavy atom. The monoisotopic (exact) mass is 470 g/mol. The molecule has 0 aliphatic carbocycles. The van der Waals surface area contributed by atoms with Crippen molar-refractivity contribution in [3.05, 3.63) is 81.3 Å². The highest BCUT2D eigenvalue weighted by Crippen LogP contribution is 2.27. The summed E-state index contributed by atoms with van der Waals surface area (Å²) < 4.78 is 5.34. The van der Waals surface area contributed by atoms with E-state index in [2.05, 4.69) is 20.8 Å². The lowest BCUT2D eigenvalue weighted by atomic mass is 10.1. The minimum Gasteiger partial charge on any atom is -0.507 e. The van der Waals surface area contributed by atoms with E-state index in [-0.39, 0.29) is 12.4 Å². The van der Waals surface area contributed by atoms with E-state index in [1.807, 2.05) is 32.0 Å². The summed E-state index contributed by atoms with van der Waals surface area (Å²) >= 11 is 11.8. The van der Waals surface area contributed by atoms with E-state index >= 15 is 0 Å². The molecule has 0 spiro atoms. The Balaban J connectivity index is 1.59. The van der Waals surface area contributed by atoms with Crippen molar-refractivity contribution in [1.29, 1.82) is 0 Å². The predicted octanol–water partition coefficient (Wildman–Crippen LogP) is 6.26. The summed E-state index contributed by atoms with van der Waals surface area (Å²) in [6.07, 6.45) is 1.30. The van der Waals surface area contributed by atoms with Crippen molar-refractivity contribution in [2.45, 2.75) is 13.8 Å². The Labute approximate surface area is 195 Å². The molecule has 32 heavy (non-hydrogen) atoms. The van der Waals surface area contributed by atoms with Gasteiger partial charge < -0.3 is 9.84 Å². The molecule has 0 saturated heterocycles. The van der Waals surface area contributed by atoms with Gasteiger partial charge in [-0.25, -0.2) is 5.43 Å². The van der Waals surface area contributed by atoms with Gasteiger partial charge in [0.15, 0.2) is 6.61 Å². The first-order valence-electron chi connectivity index (χ1n) is 9.53. The molecule has 164 valence electrons. The van der Waals surface area contributed by atoms with Crippen molar-refractivity contribution >= 4 is 46.7 Å². The number of aromatic hydroxyl groups is 1. The van der Waals surface area contributed by atoms with Crippen molar-refractivity contribution < 1.29 is 14.6 Å². The highest BCUT2D eigenvalue weighted by molar-refractivity contribution is 6.35. The Kier molecular flexibility index (Phi) is 7.81. The summed E-state index contributed by atoms with van der Waals surface area (Å²) in [5.74, 6) is -0.190. The molecule has 2 N–H and O–H groups in total. The van der Waals surface area contributed by atoms with Crippen LogP contribution in [-0.4, -0.2) is 23.8 Å². The van der Waals surface area contributed by atoms with Gasteiger partial charge in [-0.15, -0.1) is 0 Å². The van der Waals surface area contributed by atoms with Gasteiger partial charge in [-0.05, 0) is 73.5 Å². The maximum Gasteiger partial charge on any atom is 0.277 e. The lowest BCUT2D eigenvalue weighted by Gasteiger charge is -2.07. The molecular weight excluding hydrogens is 451 g/mol. The molecule has 3 rings (SSSR count). The molecule has 0 heterocycles. The molecule has 1 amide bonds. The third kappa shape index (κ3) is 6.54. The number of azo groups is 1. The van der Waals surface area contributed by atoms with E-state index < -0.39 is 5.91 Å². The maximum absolute atomic E-state index is 11.9. The number of benzene rings is 3. The number of hydrogen-bond acceptors (Lipinski definition) is 6. The molecule has 0 saturated carbocycles. The van der Waals surface area contributed by atoms with E-state index in [1.165, 1.54) is 23.9 Å². The van der Waals surface area contributed by atoms with Crippen molar-refractivity contribution in [2.24, 2.45) is 15.3 Å². The molecule has 7 nitrogen and oxygen atoms in total. The number of carbonyl (C=O) groups is 1. The minimum atomic E-state index is -0.502. The minimum absolute atomic E-state index is 0.0164. The lowest BCUT2D eigenvalue weighted by Crippen LogP contribution is -2.24. The van der Waals surface area contributed by atoms with Crippen molar-refractivity contribution in [2.75, 3.05) is 6.61 Å². The molecule has 0 radical (unpaired) electrons. The fourth-order valence-corrected chi connectivity index (χ4v) is 3.02. The van der Waals surface area contributed by atoms with E-state index in [9.17, 15) is 9.90 Å². The fourth-order valence-electron chi connectivity index (χ4n) is 2.55. The third-order valence-corrected chi connectivity index (χ3v) is 4.96. The Morgan fingerprint density at radius 1 is 1.00 bits per heavy atom. The van der Waals surface area contributed by atoms with Crippen molar-refractivity contribution in [3.63, 3.8) is 0 Å². The number of nitrogens with one attached hydrogen (secondary N) is 1. The van der Waals surface area contributed by atoms with Crippen LogP contribution in [-0.2, 0) is 4.79 Å². The van der Waals surface area contributed by atoms with Gasteiger partial charge in [0.25, 0.3) is 5.91 Å². The zero-order valence-corrected chi connectivity index (χ0v) is 18.9. The average Bonchev–Trinajstić information content (AvgIpc) is 2.75. The predicted molar refractivity (Wildman–Crippen MR) is 126 cm³/mol.